The lowest BCUT2D eigenvalue weighted by Gasteiger charge is -2.08. The number of halogens is 1. The number of benzene rings is 2. The van der Waals surface area contributed by atoms with Crippen LogP contribution in [-0.4, -0.2) is 20.1 Å². The zero-order valence-electron chi connectivity index (χ0n) is 12.0. The highest BCUT2D eigenvalue weighted by Gasteiger charge is 2.13. The quantitative estimate of drug-likeness (QED) is 0.499. The number of hydrogen-bond donors (Lipinski definition) is 2. The van der Waals surface area contributed by atoms with Crippen LogP contribution in [0.4, 0.5) is 11.4 Å². The maximum absolute atomic E-state index is 12.3. The molecule has 2 aromatic carbocycles. The molecule has 0 bridgehead atoms. The summed E-state index contributed by atoms with van der Waals surface area (Å²) in [5.41, 5.74) is 7.65. The largest absolute Gasteiger partial charge is 0.386 e. The van der Waals surface area contributed by atoms with Crippen LogP contribution in [0.5, 0.6) is 0 Å². The SMILES string of the molecule is Cc1ccc(NS(=O)(=O)c2ccc(N=C(N)CCl)cc2)cc1. The molecule has 0 saturated heterocycles. The normalized spacial score (nSPS) is 12.2. The van der Waals surface area contributed by atoms with Gasteiger partial charge in [-0.1, -0.05) is 17.7 Å². The predicted molar refractivity (Wildman–Crippen MR) is 90.4 cm³/mol. The number of amidine groups is 1. The van der Waals surface area contributed by atoms with E-state index in [1.165, 1.54) is 12.1 Å². The van der Waals surface area contributed by atoms with E-state index in [9.17, 15) is 8.42 Å². The lowest BCUT2D eigenvalue weighted by atomic mass is 10.2. The summed E-state index contributed by atoms with van der Waals surface area (Å²) in [6.07, 6.45) is 0. The van der Waals surface area contributed by atoms with E-state index in [-0.39, 0.29) is 16.6 Å². The van der Waals surface area contributed by atoms with Crippen molar-refractivity contribution in [3.63, 3.8) is 0 Å². The Balaban J connectivity index is 2.21. The third-order valence-corrected chi connectivity index (χ3v) is 4.53. The Kier molecular flexibility index (Phi) is 5.05. The van der Waals surface area contributed by atoms with Crippen molar-refractivity contribution in [1.82, 2.24) is 0 Å². The molecule has 0 aliphatic rings. The van der Waals surface area contributed by atoms with Crippen LogP contribution in [0.1, 0.15) is 5.56 Å². The number of hydrogen-bond acceptors (Lipinski definition) is 3. The van der Waals surface area contributed by atoms with E-state index < -0.39 is 10.0 Å². The van der Waals surface area contributed by atoms with E-state index in [0.717, 1.165) is 5.56 Å². The van der Waals surface area contributed by atoms with Gasteiger partial charge in [-0.05, 0) is 43.3 Å². The van der Waals surface area contributed by atoms with Crippen molar-refractivity contribution in [2.24, 2.45) is 10.7 Å². The summed E-state index contributed by atoms with van der Waals surface area (Å²) in [7, 11) is -3.63. The Morgan fingerprint density at radius 3 is 2.27 bits per heavy atom. The Morgan fingerprint density at radius 2 is 1.73 bits per heavy atom. The molecule has 0 aromatic heterocycles. The summed E-state index contributed by atoms with van der Waals surface area (Å²) < 4.78 is 27.1. The molecule has 2 rings (SSSR count). The van der Waals surface area contributed by atoms with Gasteiger partial charge in [0.25, 0.3) is 10.0 Å². The van der Waals surface area contributed by atoms with Crippen LogP contribution in [-0.2, 0) is 10.0 Å². The first-order valence-corrected chi connectivity index (χ1v) is 8.51. The monoisotopic (exact) mass is 337 g/mol. The van der Waals surface area contributed by atoms with Crippen LogP contribution in [0.2, 0.25) is 0 Å². The minimum absolute atomic E-state index is 0.120. The molecule has 0 amide bonds. The van der Waals surface area contributed by atoms with Gasteiger partial charge in [-0.25, -0.2) is 13.4 Å². The predicted octanol–water partition coefficient (Wildman–Crippen LogP) is 3.02. The minimum atomic E-state index is -3.63. The topological polar surface area (TPSA) is 84.5 Å². The van der Waals surface area contributed by atoms with Gasteiger partial charge in [-0.15, -0.1) is 11.6 Å². The lowest BCUT2D eigenvalue weighted by molar-refractivity contribution is 0.601. The highest BCUT2D eigenvalue weighted by atomic mass is 35.5. The van der Waals surface area contributed by atoms with E-state index in [1.54, 1.807) is 24.3 Å². The van der Waals surface area contributed by atoms with Crippen molar-refractivity contribution >= 4 is 38.8 Å². The van der Waals surface area contributed by atoms with Gasteiger partial charge in [-0.3, -0.25) is 4.72 Å². The molecule has 0 radical (unpaired) electrons. The summed E-state index contributed by atoms with van der Waals surface area (Å²) in [5.74, 6) is 0.393. The van der Waals surface area contributed by atoms with Crippen LogP contribution >= 0.6 is 11.6 Å². The Hall–Kier alpha value is -2.05. The van der Waals surface area contributed by atoms with Crippen LogP contribution in [0.15, 0.2) is 58.4 Å². The minimum Gasteiger partial charge on any atom is -0.386 e. The number of nitrogens with one attached hydrogen (secondary N) is 1. The molecule has 5 nitrogen and oxygen atoms in total. The molecule has 2 aromatic rings. The fourth-order valence-corrected chi connectivity index (χ4v) is 2.85. The number of anilines is 1. The Bertz CT molecular complexity index is 769. The van der Waals surface area contributed by atoms with Crippen molar-refractivity contribution in [3.05, 3.63) is 54.1 Å². The summed E-state index contributed by atoms with van der Waals surface area (Å²) in [5, 5.41) is 0. The average Bonchev–Trinajstić information content (AvgIpc) is 2.50. The van der Waals surface area contributed by atoms with Gasteiger partial charge < -0.3 is 5.73 Å². The second-order valence-corrected chi connectivity index (χ2v) is 6.65. The summed E-state index contributed by atoms with van der Waals surface area (Å²) >= 11 is 5.55. The first-order valence-electron chi connectivity index (χ1n) is 6.49. The molecule has 116 valence electrons. The molecule has 7 heteroatoms. The molecule has 0 fully saturated rings. The molecular formula is C15H16ClN3O2S. The van der Waals surface area contributed by atoms with E-state index in [1.807, 2.05) is 19.1 Å². The highest BCUT2D eigenvalue weighted by molar-refractivity contribution is 7.92. The van der Waals surface area contributed by atoms with Gasteiger partial charge in [0.05, 0.1) is 16.5 Å². The maximum Gasteiger partial charge on any atom is 0.261 e. The lowest BCUT2D eigenvalue weighted by Crippen LogP contribution is -2.13. The van der Waals surface area contributed by atoms with Gasteiger partial charge in [0.1, 0.15) is 5.84 Å². The number of nitrogens with two attached hydrogens (primary N) is 1. The van der Waals surface area contributed by atoms with E-state index in [0.29, 0.717) is 11.4 Å². The van der Waals surface area contributed by atoms with Crippen molar-refractivity contribution in [2.45, 2.75) is 11.8 Å². The van der Waals surface area contributed by atoms with E-state index in [4.69, 9.17) is 17.3 Å². The number of rotatable bonds is 5. The first-order chi connectivity index (χ1) is 10.4. The molecule has 0 aliphatic heterocycles. The Morgan fingerprint density at radius 1 is 1.14 bits per heavy atom. The van der Waals surface area contributed by atoms with Gasteiger partial charge >= 0.3 is 0 Å². The number of alkyl halides is 1. The molecule has 0 spiro atoms. The average molecular weight is 338 g/mol. The van der Waals surface area contributed by atoms with Crippen molar-refractivity contribution < 1.29 is 8.42 Å². The molecule has 22 heavy (non-hydrogen) atoms. The maximum atomic E-state index is 12.3. The van der Waals surface area contributed by atoms with Gasteiger partial charge in [0.15, 0.2) is 0 Å². The number of sulfonamides is 1. The van der Waals surface area contributed by atoms with Crippen LogP contribution in [0.3, 0.4) is 0 Å². The van der Waals surface area contributed by atoms with E-state index in [2.05, 4.69) is 9.71 Å². The van der Waals surface area contributed by atoms with Gasteiger partial charge in [-0.2, -0.15) is 0 Å². The van der Waals surface area contributed by atoms with Gasteiger partial charge in [0.2, 0.25) is 0 Å². The summed E-state index contributed by atoms with van der Waals surface area (Å²) in [6, 6.07) is 13.2. The fraction of sp³-hybridized carbons (Fsp3) is 0.133. The molecule has 0 aliphatic carbocycles. The number of nitrogens with zero attached hydrogens (tertiary/aromatic N) is 1. The Labute approximate surface area is 134 Å². The number of aliphatic imine (C=N–C) groups is 1. The molecular weight excluding hydrogens is 322 g/mol. The highest BCUT2D eigenvalue weighted by Crippen LogP contribution is 2.20. The van der Waals surface area contributed by atoms with Crippen LogP contribution in [0.25, 0.3) is 0 Å². The molecule has 0 heterocycles. The second kappa shape index (κ2) is 6.81. The third kappa shape index (κ3) is 4.22. The molecule has 0 atom stereocenters. The number of aryl methyl sites for hydroxylation is 1. The zero-order valence-corrected chi connectivity index (χ0v) is 13.5. The molecule has 3 N–H and O–H groups in total. The third-order valence-electron chi connectivity index (χ3n) is 2.86. The molecule has 0 unspecified atom stereocenters. The van der Waals surface area contributed by atoms with Crippen molar-refractivity contribution in [3.8, 4) is 0 Å². The van der Waals surface area contributed by atoms with Crippen LogP contribution in [0, 0.1) is 6.92 Å². The summed E-state index contributed by atoms with van der Waals surface area (Å²) in [4.78, 5) is 4.19. The fourth-order valence-electron chi connectivity index (χ4n) is 1.73. The van der Waals surface area contributed by atoms with Crippen molar-refractivity contribution in [2.75, 3.05) is 10.6 Å². The first kappa shape index (κ1) is 16.3. The summed E-state index contributed by atoms with van der Waals surface area (Å²) in [6.45, 7) is 1.93. The van der Waals surface area contributed by atoms with E-state index >= 15 is 0 Å². The van der Waals surface area contributed by atoms with Crippen molar-refractivity contribution in [1.29, 1.82) is 0 Å². The second-order valence-electron chi connectivity index (χ2n) is 4.70. The standard InChI is InChI=1S/C15H16ClN3O2S/c1-11-2-4-13(5-3-11)19-22(20,21)14-8-6-12(7-9-14)18-15(17)10-16/h2-9,19H,10H2,1H3,(H2,17,18). The smallest absolute Gasteiger partial charge is 0.261 e. The van der Waals surface area contributed by atoms with Crippen LogP contribution < -0.4 is 10.5 Å². The molecule has 0 saturated carbocycles. The van der Waals surface area contributed by atoms with Gasteiger partial charge in [0, 0.05) is 5.69 Å². The zero-order chi connectivity index (χ0) is 16.2.